The lowest BCUT2D eigenvalue weighted by Crippen LogP contribution is -1.85. The number of nitriles is 1. The van der Waals surface area contributed by atoms with Gasteiger partial charge in [0, 0.05) is 22.7 Å². The van der Waals surface area contributed by atoms with Crippen LogP contribution in [0.4, 0.5) is 10.9 Å². The summed E-state index contributed by atoms with van der Waals surface area (Å²) >= 11 is 1.40. The van der Waals surface area contributed by atoms with E-state index in [0.29, 0.717) is 33.6 Å². The Morgan fingerprint density at radius 3 is 2.58 bits per heavy atom. The van der Waals surface area contributed by atoms with Crippen molar-refractivity contribution >= 4 is 22.3 Å². The highest BCUT2D eigenvalue weighted by Gasteiger charge is 2.16. The van der Waals surface area contributed by atoms with E-state index in [0.717, 1.165) is 5.56 Å². The number of azo groups is 1. The minimum atomic E-state index is 0.488. The number of H-pyrrole nitrogens is 1. The van der Waals surface area contributed by atoms with Gasteiger partial charge in [-0.15, -0.1) is 21.6 Å². The normalized spacial score (nSPS) is 10.9. The van der Waals surface area contributed by atoms with Crippen molar-refractivity contribution in [2.45, 2.75) is 0 Å². The van der Waals surface area contributed by atoms with E-state index >= 15 is 0 Å². The molecule has 0 saturated heterocycles. The van der Waals surface area contributed by atoms with E-state index in [2.05, 4.69) is 31.2 Å². The Hall–Kier alpha value is -3.63. The van der Waals surface area contributed by atoms with Crippen molar-refractivity contribution in [2.24, 2.45) is 10.2 Å². The Kier molecular flexibility index (Phi) is 4.33. The SMILES string of the molecule is N#Cc1ccccc1-c1nc(-c2ccccc2)[nH]c1/N=N/c1nccs1. The number of benzene rings is 2. The molecule has 124 valence electrons. The first-order valence-electron chi connectivity index (χ1n) is 7.81. The lowest BCUT2D eigenvalue weighted by molar-refractivity contribution is 1.16. The Morgan fingerprint density at radius 2 is 1.81 bits per heavy atom. The molecule has 7 heteroatoms. The van der Waals surface area contributed by atoms with E-state index in [-0.39, 0.29) is 0 Å². The highest BCUT2D eigenvalue weighted by Crippen LogP contribution is 2.34. The van der Waals surface area contributed by atoms with Gasteiger partial charge < -0.3 is 4.98 Å². The van der Waals surface area contributed by atoms with Crippen molar-refractivity contribution < 1.29 is 0 Å². The van der Waals surface area contributed by atoms with E-state index in [1.54, 1.807) is 12.3 Å². The second-order valence-electron chi connectivity index (χ2n) is 5.32. The molecule has 4 aromatic rings. The maximum atomic E-state index is 9.42. The number of imidazole rings is 1. The summed E-state index contributed by atoms with van der Waals surface area (Å²) in [5, 5.41) is 20.3. The van der Waals surface area contributed by atoms with Gasteiger partial charge in [-0.25, -0.2) is 9.97 Å². The van der Waals surface area contributed by atoms with Crippen LogP contribution in [0.1, 0.15) is 5.56 Å². The highest BCUT2D eigenvalue weighted by molar-refractivity contribution is 7.13. The lowest BCUT2D eigenvalue weighted by Gasteiger charge is -2.00. The zero-order valence-corrected chi connectivity index (χ0v) is 14.3. The molecular weight excluding hydrogens is 344 g/mol. The van der Waals surface area contributed by atoms with Crippen LogP contribution < -0.4 is 0 Å². The summed E-state index contributed by atoms with van der Waals surface area (Å²) in [6.07, 6.45) is 1.67. The van der Waals surface area contributed by atoms with Gasteiger partial charge in [0.2, 0.25) is 5.13 Å². The zero-order valence-electron chi connectivity index (χ0n) is 13.5. The third-order valence-corrected chi connectivity index (χ3v) is 4.35. The molecule has 0 bridgehead atoms. The molecule has 26 heavy (non-hydrogen) atoms. The zero-order chi connectivity index (χ0) is 17.8. The molecular formula is C19H12N6S. The average molecular weight is 356 g/mol. The number of rotatable bonds is 4. The topological polar surface area (TPSA) is 90.1 Å². The first-order valence-corrected chi connectivity index (χ1v) is 8.69. The number of aromatic amines is 1. The van der Waals surface area contributed by atoms with E-state index in [4.69, 9.17) is 0 Å². The van der Waals surface area contributed by atoms with Crippen molar-refractivity contribution in [3.63, 3.8) is 0 Å². The molecule has 2 aromatic carbocycles. The third-order valence-electron chi connectivity index (χ3n) is 3.69. The van der Waals surface area contributed by atoms with Crippen LogP contribution in [0.25, 0.3) is 22.6 Å². The van der Waals surface area contributed by atoms with Crippen LogP contribution in [0, 0.1) is 11.3 Å². The molecule has 0 radical (unpaired) electrons. The number of thiazole rings is 1. The van der Waals surface area contributed by atoms with Gasteiger partial charge in [0.15, 0.2) is 5.82 Å². The van der Waals surface area contributed by atoms with Crippen molar-refractivity contribution in [1.29, 1.82) is 5.26 Å². The molecule has 0 fully saturated rings. The molecule has 6 nitrogen and oxygen atoms in total. The smallest absolute Gasteiger partial charge is 0.229 e. The fourth-order valence-electron chi connectivity index (χ4n) is 2.50. The first kappa shape index (κ1) is 15.9. The van der Waals surface area contributed by atoms with Gasteiger partial charge in [-0.2, -0.15) is 5.26 Å². The van der Waals surface area contributed by atoms with Crippen LogP contribution in [-0.2, 0) is 0 Å². The third kappa shape index (κ3) is 3.14. The molecule has 4 rings (SSSR count). The summed E-state index contributed by atoms with van der Waals surface area (Å²) in [5.41, 5.74) is 2.76. The molecule has 0 aliphatic rings. The Labute approximate surface area is 153 Å². The maximum absolute atomic E-state index is 9.42. The van der Waals surface area contributed by atoms with Crippen LogP contribution in [0.5, 0.6) is 0 Å². The minimum absolute atomic E-state index is 0.488. The summed E-state index contributed by atoms with van der Waals surface area (Å²) in [5.74, 6) is 1.16. The fourth-order valence-corrected chi connectivity index (χ4v) is 2.96. The van der Waals surface area contributed by atoms with Gasteiger partial charge in [0.05, 0.1) is 11.6 Å². The van der Waals surface area contributed by atoms with Gasteiger partial charge in [-0.05, 0) is 6.07 Å². The van der Waals surface area contributed by atoms with Crippen molar-refractivity contribution in [3.05, 3.63) is 71.7 Å². The van der Waals surface area contributed by atoms with Crippen LogP contribution in [0.2, 0.25) is 0 Å². The standard InChI is InChI=1S/C19H12N6S/c20-12-14-8-4-5-9-15(14)16-18(24-25-19-21-10-11-26-19)23-17(22-16)13-6-2-1-3-7-13/h1-11H,(H,22,23)/b25-24+. The Morgan fingerprint density at radius 1 is 1.00 bits per heavy atom. The Balaban J connectivity index is 1.85. The van der Waals surface area contributed by atoms with E-state index in [1.165, 1.54) is 11.3 Å². The predicted molar refractivity (Wildman–Crippen MR) is 100 cm³/mol. The first-order chi connectivity index (χ1) is 12.8. The quantitative estimate of drug-likeness (QED) is 0.490. The fraction of sp³-hybridized carbons (Fsp3) is 0. The molecule has 0 spiro atoms. The van der Waals surface area contributed by atoms with E-state index in [1.807, 2.05) is 53.9 Å². The van der Waals surface area contributed by atoms with Crippen LogP contribution >= 0.6 is 11.3 Å². The van der Waals surface area contributed by atoms with E-state index in [9.17, 15) is 5.26 Å². The van der Waals surface area contributed by atoms with E-state index < -0.39 is 0 Å². The molecule has 0 unspecified atom stereocenters. The van der Waals surface area contributed by atoms with Gasteiger partial charge >= 0.3 is 0 Å². The van der Waals surface area contributed by atoms with Crippen molar-refractivity contribution in [2.75, 3.05) is 0 Å². The molecule has 2 heterocycles. The van der Waals surface area contributed by atoms with Crippen molar-refractivity contribution in [1.82, 2.24) is 15.0 Å². The van der Waals surface area contributed by atoms with Gasteiger partial charge in [-0.3, -0.25) is 0 Å². The van der Waals surface area contributed by atoms with Crippen LogP contribution in [0.3, 0.4) is 0 Å². The summed E-state index contributed by atoms with van der Waals surface area (Å²) in [6, 6.07) is 19.3. The van der Waals surface area contributed by atoms with Gasteiger partial charge in [-0.1, -0.05) is 48.5 Å². The lowest BCUT2D eigenvalue weighted by atomic mass is 10.1. The molecule has 0 aliphatic carbocycles. The number of hydrogen-bond donors (Lipinski definition) is 1. The van der Waals surface area contributed by atoms with Crippen LogP contribution in [-0.4, -0.2) is 15.0 Å². The number of nitrogens with one attached hydrogen (secondary N) is 1. The average Bonchev–Trinajstić information content (AvgIpc) is 3.37. The molecule has 0 amide bonds. The summed E-state index contributed by atoms with van der Waals surface area (Å²) in [6.45, 7) is 0. The van der Waals surface area contributed by atoms with Gasteiger partial charge in [0.25, 0.3) is 0 Å². The number of hydrogen-bond acceptors (Lipinski definition) is 6. The monoisotopic (exact) mass is 356 g/mol. The number of nitrogens with zero attached hydrogens (tertiary/aromatic N) is 5. The van der Waals surface area contributed by atoms with Crippen LogP contribution in [0.15, 0.2) is 76.4 Å². The second-order valence-corrected chi connectivity index (χ2v) is 6.19. The van der Waals surface area contributed by atoms with Gasteiger partial charge in [0.1, 0.15) is 11.5 Å². The summed E-state index contributed by atoms with van der Waals surface area (Å²) < 4.78 is 0. The molecule has 0 aliphatic heterocycles. The maximum Gasteiger partial charge on any atom is 0.229 e. The summed E-state index contributed by atoms with van der Waals surface area (Å²) in [7, 11) is 0. The predicted octanol–water partition coefficient (Wildman–Crippen LogP) is 5.49. The largest absolute Gasteiger partial charge is 0.321 e. The number of aromatic nitrogens is 3. The molecule has 2 aromatic heterocycles. The highest BCUT2D eigenvalue weighted by atomic mass is 32.1. The summed E-state index contributed by atoms with van der Waals surface area (Å²) in [4.78, 5) is 12.0. The van der Waals surface area contributed by atoms with Crippen molar-refractivity contribution in [3.8, 4) is 28.7 Å². The molecule has 0 atom stereocenters. The Bertz CT molecular complexity index is 1090. The minimum Gasteiger partial charge on any atom is -0.321 e. The second kappa shape index (κ2) is 7.09. The molecule has 1 N–H and O–H groups in total. The molecule has 0 saturated carbocycles.